The second-order valence-corrected chi connectivity index (χ2v) is 9.87. The molecule has 5 nitrogen and oxygen atoms in total. The first-order valence-corrected chi connectivity index (χ1v) is 12.9. The van der Waals surface area contributed by atoms with Crippen LogP contribution in [0.25, 0.3) is 23.0 Å². The minimum absolute atomic E-state index is 0.0189. The molecule has 0 spiro atoms. The van der Waals surface area contributed by atoms with E-state index in [-0.39, 0.29) is 5.91 Å². The van der Waals surface area contributed by atoms with Crippen LogP contribution in [0.15, 0.2) is 65.7 Å². The van der Waals surface area contributed by atoms with Gasteiger partial charge in [-0.1, -0.05) is 86.9 Å². The fraction of sp³-hybridized carbons (Fsp3) is 0.296. The van der Waals surface area contributed by atoms with Gasteiger partial charge in [-0.05, 0) is 36.8 Å². The molecule has 0 unspecified atom stereocenters. The molecule has 0 bridgehead atoms. The lowest BCUT2D eigenvalue weighted by Gasteiger charge is -2.13. The highest BCUT2D eigenvalue weighted by Gasteiger charge is 2.32. The Morgan fingerprint density at radius 3 is 2.62 bits per heavy atom. The van der Waals surface area contributed by atoms with E-state index < -0.39 is 0 Å². The summed E-state index contributed by atoms with van der Waals surface area (Å²) in [4.78, 5) is 15.5. The Bertz CT molecular complexity index is 1190. The standard InChI is InChI=1S/C27H29N3O2S2/c1-3-4-5-6-10-16-29-26(31)24(34-27(29)33)18-21-19-30(22-13-8-7-9-14-22)28-25(21)20-12-11-15-23(17-20)32-2/h7-9,11-15,17-19H,3-6,10,16H2,1-2H3. The first-order valence-electron chi connectivity index (χ1n) is 11.7. The van der Waals surface area contributed by atoms with Crippen LogP contribution in [0.1, 0.15) is 44.6 Å². The maximum Gasteiger partial charge on any atom is 0.266 e. The van der Waals surface area contributed by atoms with Crippen molar-refractivity contribution in [2.45, 2.75) is 39.0 Å². The van der Waals surface area contributed by atoms with E-state index in [4.69, 9.17) is 22.1 Å². The Morgan fingerprint density at radius 1 is 1.06 bits per heavy atom. The van der Waals surface area contributed by atoms with Crippen LogP contribution in [0.3, 0.4) is 0 Å². The largest absolute Gasteiger partial charge is 0.497 e. The van der Waals surface area contributed by atoms with E-state index in [0.717, 1.165) is 41.1 Å². The molecule has 3 aromatic rings. The fourth-order valence-corrected chi connectivity index (χ4v) is 5.21. The van der Waals surface area contributed by atoms with Gasteiger partial charge in [0.15, 0.2) is 0 Å². The molecule has 2 aromatic carbocycles. The summed E-state index contributed by atoms with van der Waals surface area (Å²) < 4.78 is 7.89. The minimum atomic E-state index is -0.0189. The van der Waals surface area contributed by atoms with E-state index in [2.05, 4.69) is 6.92 Å². The predicted octanol–water partition coefficient (Wildman–Crippen LogP) is 6.72. The Kier molecular flexibility index (Phi) is 8.19. The summed E-state index contributed by atoms with van der Waals surface area (Å²) in [6.45, 7) is 2.88. The van der Waals surface area contributed by atoms with Gasteiger partial charge in [0.05, 0.1) is 17.7 Å². The number of rotatable bonds is 10. The van der Waals surface area contributed by atoms with Crippen molar-refractivity contribution in [2.75, 3.05) is 13.7 Å². The second kappa shape index (κ2) is 11.5. The van der Waals surface area contributed by atoms with Crippen LogP contribution < -0.4 is 4.74 Å². The molecule has 0 radical (unpaired) electrons. The van der Waals surface area contributed by atoms with Crippen LogP contribution in [-0.2, 0) is 4.79 Å². The predicted molar refractivity (Wildman–Crippen MR) is 144 cm³/mol. The number of hydrogen-bond donors (Lipinski definition) is 0. The maximum absolute atomic E-state index is 13.2. The summed E-state index contributed by atoms with van der Waals surface area (Å²) in [5, 5.41) is 4.86. The van der Waals surface area contributed by atoms with E-state index in [1.807, 2.05) is 71.6 Å². The molecule has 4 rings (SSSR count). The highest BCUT2D eigenvalue weighted by Crippen LogP contribution is 2.35. The molecule has 0 saturated carbocycles. The van der Waals surface area contributed by atoms with Gasteiger partial charge in [-0.3, -0.25) is 9.69 Å². The van der Waals surface area contributed by atoms with Crippen LogP contribution in [0, 0.1) is 0 Å². The molecule has 7 heteroatoms. The van der Waals surface area contributed by atoms with Gasteiger partial charge in [-0.15, -0.1) is 0 Å². The number of unbranched alkanes of at least 4 members (excludes halogenated alkanes) is 4. The number of carbonyl (C=O) groups excluding carboxylic acids is 1. The summed E-state index contributed by atoms with van der Waals surface area (Å²) in [5.41, 5.74) is 3.52. The third-order valence-corrected chi connectivity index (χ3v) is 7.13. The van der Waals surface area contributed by atoms with E-state index in [1.54, 1.807) is 12.0 Å². The first kappa shape index (κ1) is 24.2. The zero-order chi connectivity index (χ0) is 23.9. The number of thioether (sulfide) groups is 1. The Hall–Kier alpha value is -2.90. The second-order valence-electron chi connectivity index (χ2n) is 8.19. The molecular formula is C27H29N3O2S2. The minimum Gasteiger partial charge on any atom is -0.497 e. The van der Waals surface area contributed by atoms with E-state index >= 15 is 0 Å². The SMILES string of the molecule is CCCCCCCN1C(=O)C(=Cc2cn(-c3ccccc3)nc2-c2cccc(OC)c2)SC1=S. The van der Waals surface area contributed by atoms with Crippen LogP contribution in [0.5, 0.6) is 5.75 Å². The molecule has 1 aliphatic rings. The van der Waals surface area contributed by atoms with Crippen LogP contribution in [-0.4, -0.2) is 38.6 Å². The normalized spacial score (nSPS) is 14.9. The summed E-state index contributed by atoms with van der Waals surface area (Å²) in [7, 11) is 1.65. The highest BCUT2D eigenvalue weighted by atomic mass is 32.2. The topological polar surface area (TPSA) is 47.4 Å². The van der Waals surface area contributed by atoms with E-state index in [9.17, 15) is 4.79 Å². The third-order valence-electron chi connectivity index (χ3n) is 5.75. The van der Waals surface area contributed by atoms with Crippen LogP contribution in [0.2, 0.25) is 0 Å². The number of thiocarbonyl (C=S) groups is 1. The van der Waals surface area contributed by atoms with Gasteiger partial charge >= 0.3 is 0 Å². The van der Waals surface area contributed by atoms with Crippen molar-refractivity contribution >= 4 is 40.3 Å². The molecule has 1 amide bonds. The van der Waals surface area contributed by atoms with Crippen molar-refractivity contribution in [3.63, 3.8) is 0 Å². The summed E-state index contributed by atoms with van der Waals surface area (Å²) in [6, 6.07) is 17.7. The van der Waals surface area contributed by atoms with Crippen molar-refractivity contribution < 1.29 is 9.53 Å². The quantitative estimate of drug-likeness (QED) is 0.179. The fourth-order valence-electron chi connectivity index (χ4n) is 3.91. The Balaban J connectivity index is 1.64. The number of hydrogen-bond acceptors (Lipinski definition) is 5. The molecule has 1 fully saturated rings. The molecular weight excluding hydrogens is 462 g/mol. The first-order chi connectivity index (χ1) is 16.6. The number of methoxy groups -OCH3 is 1. The molecule has 0 aliphatic carbocycles. The monoisotopic (exact) mass is 491 g/mol. The summed E-state index contributed by atoms with van der Waals surface area (Å²) in [5.74, 6) is 0.738. The third kappa shape index (κ3) is 5.59. The molecule has 2 heterocycles. The van der Waals surface area contributed by atoms with E-state index in [1.165, 1.54) is 31.0 Å². The zero-order valence-electron chi connectivity index (χ0n) is 19.6. The smallest absolute Gasteiger partial charge is 0.266 e. The van der Waals surface area contributed by atoms with Crippen molar-refractivity contribution in [3.05, 3.63) is 71.3 Å². The van der Waals surface area contributed by atoms with Gasteiger partial charge in [0.1, 0.15) is 15.8 Å². The van der Waals surface area contributed by atoms with Crippen molar-refractivity contribution in [3.8, 4) is 22.7 Å². The van der Waals surface area contributed by atoms with Crippen LogP contribution in [0.4, 0.5) is 0 Å². The molecule has 0 N–H and O–H groups in total. The molecule has 1 aliphatic heterocycles. The number of benzene rings is 2. The lowest BCUT2D eigenvalue weighted by molar-refractivity contribution is -0.122. The van der Waals surface area contributed by atoms with Gasteiger partial charge in [-0.25, -0.2) is 4.68 Å². The van der Waals surface area contributed by atoms with Crippen LogP contribution >= 0.6 is 24.0 Å². The molecule has 34 heavy (non-hydrogen) atoms. The van der Waals surface area contributed by atoms with Gasteiger partial charge in [0.2, 0.25) is 0 Å². The number of para-hydroxylation sites is 1. The van der Waals surface area contributed by atoms with Gasteiger partial charge < -0.3 is 4.74 Å². The molecule has 1 saturated heterocycles. The van der Waals surface area contributed by atoms with Gasteiger partial charge in [0, 0.05) is 23.9 Å². The molecule has 176 valence electrons. The molecule has 1 aromatic heterocycles. The van der Waals surface area contributed by atoms with Crippen molar-refractivity contribution in [1.82, 2.24) is 14.7 Å². The zero-order valence-corrected chi connectivity index (χ0v) is 21.2. The lowest BCUT2D eigenvalue weighted by atomic mass is 10.1. The molecule has 0 atom stereocenters. The summed E-state index contributed by atoms with van der Waals surface area (Å²) >= 11 is 6.91. The van der Waals surface area contributed by atoms with Gasteiger partial charge in [-0.2, -0.15) is 5.10 Å². The van der Waals surface area contributed by atoms with Crippen molar-refractivity contribution in [2.24, 2.45) is 0 Å². The van der Waals surface area contributed by atoms with Gasteiger partial charge in [0.25, 0.3) is 5.91 Å². The Labute approximate surface area is 210 Å². The number of amides is 1. The van der Waals surface area contributed by atoms with E-state index in [0.29, 0.717) is 15.8 Å². The Morgan fingerprint density at radius 2 is 1.85 bits per heavy atom. The number of carbonyl (C=O) groups is 1. The number of ether oxygens (including phenoxy) is 1. The van der Waals surface area contributed by atoms with Crippen molar-refractivity contribution in [1.29, 1.82) is 0 Å². The average Bonchev–Trinajstić information content (AvgIpc) is 3.40. The number of aromatic nitrogens is 2. The lowest BCUT2D eigenvalue weighted by Crippen LogP contribution is -2.29. The average molecular weight is 492 g/mol. The number of nitrogens with zero attached hydrogens (tertiary/aromatic N) is 3. The highest BCUT2D eigenvalue weighted by molar-refractivity contribution is 8.26. The summed E-state index contributed by atoms with van der Waals surface area (Å²) in [6.07, 6.45) is 9.60. The maximum atomic E-state index is 13.2.